The van der Waals surface area contributed by atoms with Gasteiger partial charge in [0.05, 0.1) is 0 Å². The third-order valence-electron chi connectivity index (χ3n) is 1.36. The number of hydrogen-bond donors (Lipinski definition) is 1. The molecule has 5 heteroatoms. The Hall–Kier alpha value is -2.09. The van der Waals surface area contributed by atoms with E-state index in [4.69, 9.17) is 5.26 Å². The normalized spacial score (nSPS) is 18.4. The van der Waals surface area contributed by atoms with E-state index >= 15 is 0 Å². The molecule has 1 aliphatic rings. The Bertz CT molecular complexity index is 350. The smallest absolute Gasteiger partial charge is 0.304 e. The maximum absolute atomic E-state index is 10.6. The predicted octanol–water partition coefficient (Wildman–Crippen LogP) is 0.471. The molecule has 1 N–H and O–H groups in total. The van der Waals surface area contributed by atoms with Crippen molar-refractivity contribution in [1.82, 2.24) is 5.32 Å². The van der Waals surface area contributed by atoms with Gasteiger partial charge < -0.3 is 10.1 Å². The number of rotatable bonds is 2. The molecule has 5 nitrogen and oxygen atoms in total. The van der Waals surface area contributed by atoms with Crippen molar-refractivity contribution >= 4 is 12.2 Å². The Balaban J connectivity index is 2.64. The number of esters is 1. The molecule has 0 aliphatic carbocycles. The molecule has 1 atom stereocenters. The van der Waals surface area contributed by atoms with Crippen LogP contribution in [0.1, 0.15) is 6.92 Å². The van der Waals surface area contributed by atoms with Gasteiger partial charge in [0.25, 0.3) is 0 Å². The summed E-state index contributed by atoms with van der Waals surface area (Å²) in [6.45, 7) is 1.25. The van der Waals surface area contributed by atoms with Crippen LogP contribution >= 0.6 is 0 Å². The summed E-state index contributed by atoms with van der Waals surface area (Å²) in [6, 6.07) is 1.82. The first-order valence-corrected chi connectivity index (χ1v) is 3.97. The SMILES string of the molecule is CC(=O)OC(C#N)/C=C1/N=CC=CN1. The predicted molar refractivity (Wildman–Crippen MR) is 50.0 cm³/mol. The lowest BCUT2D eigenvalue weighted by Crippen LogP contribution is -2.15. The zero-order valence-electron chi connectivity index (χ0n) is 7.60. The van der Waals surface area contributed by atoms with Crippen LogP contribution < -0.4 is 5.32 Å². The summed E-state index contributed by atoms with van der Waals surface area (Å²) in [5.74, 6) is -0.0102. The van der Waals surface area contributed by atoms with Crippen LogP contribution in [-0.2, 0) is 9.53 Å². The summed E-state index contributed by atoms with van der Waals surface area (Å²) >= 11 is 0. The first-order valence-electron chi connectivity index (χ1n) is 3.97. The molecule has 0 aromatic rings. The van der Waals surface area contributed by atoms with E-state index in [1.54, 1.807) is 18.5 Å². The molecule has 1 heterocycles. The van der Waals surface area contributed by atoms with E-state index in [2.05, 4.69) is 15.0 Å². The summed E-state index contributed by atoms with van der Waals surface area (Å²) in [6.07, 6.45) is 5.48. The van der Waals surface area contributed by atoms with Crippen molar-refractivity contribution in [3.05, 3.63) is 24.2 Å². The van der Waals surface area contributed by atoms with Gasteiger partial charge in [0, 0.05) is 25.4 Å². The van der Waals surface area contributed by atoms with E-state index in [1.807, 2.05) is 6.07 Å². The Morgan fingerprint density at radius 3 is 3.14 bits per heavy atom. The molecule has 0 bridgehead atoms. The fourth-order valence-corrected chi connectivity index (χ4v) is 0.848. The van der Waals surface area contributed by atoms with Crippen LogP contribution in [0.25, 0.3) is 0 Å². The van der Waals surface area contributed by atoms with Gasteiger partial charge in [-0.2, -0.15) is 5.26 Å². The van der Waals surface area contributed by atoms with Crippen LogP contribution in [0.3, 0.4) is 0 Å². The Morgan fingerprint density at radius 1 is 1.86 bits per heavy atom. The number of carbonyl (C=O) groups excluding carboxylic acids is 1. The molecular weight excluding hydrogens is 182 g/mol. The molecule has 0 amide bonds. The van der Waals surface area contributed by atoms with Crippen LogP contribution in [0, 0.1) is 11.3 Å². The summed E-state index contributed by atoms with van der Waals surface area (Å²) in [4.78, 5) is 14.5. The maximum atomic E-state index is 10.6. The lowest BCUT2D eigenvalue weighted by atomic mass is 10.3. The lowest BCUT2D eigenvalue weighted by molar-refractivity contribution is -0.142. The molecule has 0 aromatic carbocycles. The van der Waals surface area contributed by atoms with Gasteiger partial charge in [0.1, 0.15) is 11.9 Å². The summed E-state index contributed by atoms with van der Waals surface area (Å²) in [7, 11) is 0. The van der Waals surface area contributed by atoms with E-state index < -0.39 is 12.1 Å². The van der Waals surface area contributed by atoms with Gasteiger partial charge >= 0.3 is 5.97 Å². The minimum atomic E-state index is -0.904. The fourth-order valence-electron chi connectivity index (χ4n) is 0.848. The molecule has 0 fully saturated rings. The van der Waals surface area contributed by atoms with Crippen LogP contribution in [0.5, 0.6) is 0 Å². The topological polar surface area (TPSA) is 74.5 Å². The second kappa shape index (κ2) is 4.82. The average molecular weight is 191 g/mol. The summed E-state index contributed by atoms with van der Waals surface area (Å²) < 4.78 is 4.69. The van der Waals surface area contributed by atoms with Gasteiger partial charge in [-0.15, -0.1) is 0 Å². The molecule has 14 heavy (non-hydrogen) atoms. The van der Waals surface area contributed by atoms with Gasteiger partial charge in [0.2, 0.25) is 6.10 Å². The highest BCUT2D eigenvalue weighted by Gasteiger charge is 2.08. The Labute approximate surface area is 81.4 Å². The molecule has 72 valence electrons. The van der Waals surface area contributed by atoms with Crippen molar-refractivity contribution in [2.75, 3.05) is 0 Å². The molecule has 0 saturated heterocycles. The number of ether oxygens (including phenoxy) is 1. The van der Waals surface area contributed by atoms with Crippen molar-refractivity contribution < 1.29 is 9.53 Å². The minimum absolute atomic E-state index is 0.486. The van der Waals surface area contributed by atoms with Gasteiger partial charge in [-0.05, 0) is 6.08 Å². The summed E-state index contributed by atoms with van der Waals surface area (Å²) in [5, 5.41) is 11.4. The van der Waals surface area contributed by atoms with Gasteiger partial charge in [-0.25, -0.2) is 4.99 Å². The van der Waals surface area contributed by atoms with Crippen molar-refractivity contribution in [1.29, 1.82) is 5.26 Å². The van der Waals surface area contributed by atoms with E-state index in [-0.39, 0.29) is 0 Å². The van der Waals surface area contributed by atoms with Crippen LogP contribution in [0.15, 0.2) is 29.2 Å². The summed E-state index contributed by atoms with van der Waals surface area (Å²) in [5.41, 5.74) is 0. The third kappa shape index (κ3) is 3.11. The second-order valence-corrected chi connectivity index (χ2v) is 2.49. The number of nitriles is 1. The molecule has 0 aromatic heterocycles. The molecular formula is C9H9N3O2. The van der Waals surface area contributed by atoms with Crippen LogP contribution in [-0.4, -0.2) is 18.3 Å². The third-order valence-corrected chi connectivity index (χ3v) is 1.36. The second-order valence-electron chi connectivity index (χ2n) is 2.49. The first kappa shape index (κ1) is 9.99. The number of allylic oxidation sites excluding steroid dienone is 1. The zero-order valence-corrected chi connectivity index (χ0v) is 7.60. The van der Waals surface area contributed by atoms with Crippen molar-refractivity contribution in [2.45, 2.75) is 13.0 Å². The van der Waals surface area contributed by atoms with Crippen molar-refractivity contribution in [3.63, 3.8) is 0 Å². The number of nitrogens with one attached hydrogen (secondary N) is 1. The van der Waals surface area contributed by atoms with E-state index in [1.165, 1.54) is 13.0 Å². The van der Waals surface area contributed by atoms with Gasteiger partial charge in [-0.1, -0.05) is 0 Å². The van der Waals surface area contributed by atoms with Crippen LogP contribution in [0.4, 0.5) is 0 Å². The van der Waals surface area contributed by atoms with E-state index in [9.17, 15) is 4.79 Å². The van der Waals surface area contributed by atoms with Gasteiger partial charge in [0.15, 0.2) is 0 Å². The Morgan fingerprint density at radius 2 is 2.64 bits per heavy atom. The largest absolute Gasteiger partial charge is 0.443 e. The molecule has 1 rings (SSSR count). The molecule has 1 aliphatic heterocycles. The fraction of sp³-hybridized carbons (Fsp3) is 0.222. The first-order chi connectivity index (χ1) is 6.72. The molecule has 0 radical (unpaired) electrons. The maximum Gasteiger partial charge on any atom is 0.304 e. The highest BCUT2D eigenvalue weighted by atomic mass is 16.5. The van der Waals surface area contributed by atoms with E-state index in [0.717, 1.165) is 0 Å². The molecule has 0 spiro atoms. The van der Waals surface area contributed by atoms with Crippen molar-refractivity contribution in [3.8, 4) is 6.07 Å². The number of hydrogen-bond acceptors (Lipinski definition) is 5. The van der Waals surface area contributed by atoms with Gasteiger partial charge in [-0.3, -0.25) is 4.79 Å². The molecule has 0 saturated carbocycles. The van der Waals surface area contributed by atoms with Crippen LogP contribution in [0.2, 0.25) is 0 Å². The highest BCUT2D eigenvalue weighted by molar-refractivity contribution is 5.73. The number of aliphatic imine (C=N–C) groups is 1. The average Bonchev–Trinajstić information content (AvgIpc) is 2.17. The highest BCUT2D eigenvalue weighted by Crippen LogP contribution is 2.01. The quantitative estimate of drug-likeness (QED) is 0.644. The Kier molecular flexibility index (Phi) is 3.44. The number of nitrogens with zero attached hydrogens (tertiary/aromatic N) is 2. The molecule has 1 unspecified atom stereocenters. The van der Waals surface area contributed by atoms with E-state index in [0.29, 0.717) is 5.82 Å². The number of carbonyl (C=O) groups is 1. The van der Waals surface area contributed by atoms with Crippen molar-refractivity contribution in [2.24, 2.45) is 4.99 Å². The zero-order chi connectivity index (χ0) is 10.4. The lowest BCUT2D eigenvalue weighted by Gasteiger charge is -2.08. The minimum Gasteiger partial charge on any atom is -0.443 e. The monoisotopic (exact) mass is 191 g/mol. The standard InChI is InChI=1S/C9H9N3O2/c1-7(13)14-8(6-10)5-9-11-3-2-4-12-9/h2-5,8,11H,1H3/b9-5+.